The number of halogens is 1. The van der Waals surface area contributed by atoms with Gasteiger partial charge in [-0.05, 0) is 48.0 Å². The van der Waals surface area contributed by atoms with Crippen molar-refractivity contribution in [1.82, 2.24) is 5.32 Å². The van der Waals surface area contributed by atoms with E-state index in [0.717, 1.165) is 19.3 Å². The highest BCUT2D eigenvalue weighted by molar-refractivity contribution is 5.76. The van der Waals surface area contributed by atoms with Gasteiger partial charge in [0, 0.05) is 31.7 Å². The second-order valence-electron chi connectivity index (χ2n) is 9.45. The normalized spacial score (nSPS) is 34.7. The summed E-state index contributed by atoms with van der Waals surface area (Å²) in [5.41, 5.74) is 0.520. The SMILES string of the molecule is COCCC(=O)N[C@@H]1C(C)(C)[C@@H]2C[C@@H]3[C@@H](c4cccc(OC)c4F)OCCC31C2. The molecule has 5 nitrogen and oxygen atoms in total. The lowest BCUT2D eigenvalue weighted by Gasteiger charge is -2.53. The van der Waals surface area contributed by atoms with E-state index in [1.807, 2.05) is 12.1 Å². The van der Waals surface area contributed by atoms with Gasteiger partial charge in [0.2, 0.25) is 5.91 Å². The van der Waals surface area contributed by atoms with Crippen molar-refractivity contribution in [3.63, 3.8) is 0 Å². The van der Waals surface area contributed by atoms with Gasteiger partial charge in [-0.1, -0.05) is 26.0 Å². The number of carbonyl (C=O) groups is 1. The summed E-state index contributed by atoms with van der Waals surface area (Å²) in [4.78, 5) is 12.6. The minimum atomic E-state index is -0.334. The molecule has 4 rings (SSSR count). The van der Waals surface area contributed by atoms with Crippen molar-refractivity contribution in [3.05, 3.63) is 29.6 Å². The van der Waals surface area contributed by atoms with Crippen LogP contribution in [0.25, 0.3) is 0 Å². The molecule has 0 aromatic heterocycles. The maximum atomic E-state index is 15.1. The Bertz CT molecular complexity index is 782. The maximum Gasteiger partial charge on any atom is 0.222 e. The molecule has 1 amide bonds. The summed E-state index contributed by atoms with van der Waals surface area (Å²) in [5.74, 6) is 0.612. The van der Waals surface area contributed by atoms with Crippen LogP contribution in [0.3, 0.4) is 0 Å². The lowest BCUT2D eigenvalue weighted by Crippen LogP contribution is -2.59. The molecule has 2 aliphatic carbocycles. The van der Waals surface area contributed by atoms with Crippen molar-refractivity contribution >= 4 is 5.91 Å². The first kappa shape index (κ1) is 20.6. The fourth-order valence-electron chi connectivity index (χ4n) is 6.43. The standard InChI is InChI=1S/C23H32FNO4/c1-22(2)14-12-16-20(15-6-5-7-17(28-4)19(15)24)29-11-9-23(16,13-14)21(22)25-18(26)8-10-27-3/h5-7,14,16,20-21H,8-13H2,1-4H3,(H,25,26)/t14-,16-,20-,21-,23?/m1/s1. The number of ether oxygens (including phenoxy) is 3. The van der Waals surface area contributed by atoms with E-state index in [-0.39, 0.29) is 46.4 Å². The first-order valence-electron chi connectivity index (χ1n) is 10.6. The van der Waals surface area contributed by atoms with E-state index in [1.165, 1.54) is 7.11 Å². The van der Waals surface area contributed by atoms with Crippen molar-refractivity contribution in [2.75, 3.05) is 27.4 Å². The molecule has 3 fully saturated rings. The summed E-state index contributed by atoms with van der Waals surface area (Å²) in [7, 11) is 3.09. The van der Waals surface area contributed by atoms with Crippen LogP contribution in [-0.4, -0.2) is 39.4 Å². The van der Waals surface area contributed by atoms with E-state index in [1.54, 1.807) is 13.2 Å². The summed E-state index contributed by atoms with van der Waals surface area (Å²) in [6.45, 7) is 5.52. The lowest BCUT2D eigenvalue weighted by molar-refractivity contribution is -0.138. The molecule has 5 atom stereocenters. The molecular weight excluding hydrogens is 373 g/mol. The van der Waals surface area contributed by atoms with Gasteiger partial charge in [-0.2, -0.15) is 0 Å². The smallest absolute Gasteiger partial charge is 0.222 e. The van der Waals surface area contributed by atoms with Crippen molar-refractivity contribution in [3.8, 4) is 5.75 Å². The van der Waals surface area contributed by atoms with Gasteiger partial charge in [-0.15, -0.1) is 0 Å². The summed E-state index contributed by atoms with van der Waals surface area (Å²) in [5, 5.41) is 3.34. The number of hydrogen-bond acceptors (Lipinski definition) is 4. The predicted octanol–water partition coefficient (Wildman–Crippen LogP) is 3.87. The monoisotopic (exact) mass is 405 g/mol. The molecular formula is C23H32FNO4. The molecule has 1 heterocycles. The molecule has 0 radical (unpaired) electrons. The van der Waals surface area contributed by atoms with Gasteiger partial charge in [0.1, 0.15) is 0 Å². The molecule has 1 N–H and O–H groups in total. The minimum Gasteiger partial charge on any atom is -0.494 e. The van der Waals surface area contributed by atoms with E-state index in [4.69, 9.17) is 14.2 Å². The second-order valence-corrected chi connectivity index (χ2v) is 9.45. The van der Waals surface area contributed by atoms with Crippen molar-refractivity contribution in [2.45, 2.75) is 51.7 Å². The van der Waals surface area contributed by atoms with E-state index in [2.05, 4.69) is 19.2 Å². The second kappa shape index (κ2) is 7.55. The molecule has 1 aromatic carbocycles. The van der Waals surface area contributed by atoms with Gasteiger partial charge in [0.15, 0.2) is 11.6 Å². The quantitative estimate of drug-likeness (QED) is 0.781. The molecule has 1 aliphatic heterocycles. The van der Waals surface area contributed by atoms with Crippen LogP contribution in [0.5, 0.6) is 5.75 Å². The molecule has 1 spiro atoms. The number of carbonyl (C=O) groups excluding carboxylic acids is 1. The highest BCUT2D eigenvalue weighted by atomic mass is 19.1. The Morgan fingerprint density at radius 2 is 2.14 bits per heavy atom. The maximum absolute atomic E-state index is 15.1. The molecule has 3 aliphatic rings. The third-order valence-electron chi connectivity index (χ3n) is 7.86. The zero-order valence-electron chi connectivity index (χ0n) is 17.8. The Balaban J connectivity index is 1.66. The molecule has 160 valence electrons. The van der Waals surface area contributed by atoms with Gasteiger partial charge in [0.05, 0.1) is 19.8 Å². The molecule has 29 heavy (non-hydrogen) atoms. The minimum absolute atomic E-state index is 0.00798. The average Bonchev–Trinajstić information content (AvgIpc) is 3.19. The molecule has 2 saturated carbocycles. The first-order valence-corrected chi connectivity index (χ1v) is 10.6. The number of rotatable bonds is 6. The highest BCUT2D eigenvalue weighted by Crippen LogP contribution is 2.70. The van der Waals surface area contributed by atoms with Crippen LogP contribution in [0.15, 0.2) is 18.2 Å². The fraction of sp³-hybridized carbons (Fsp3) is 0.696. The van der Waals surface area contributed by atoms with Crippen molar-refractivity contribution < 1.29 is 23.4 Å². The van der Waals surface area contributed by atoms with Gasteiger partial charge < -0.3 is 19.5 Å². The van der Waals surface area contributed by atoms with Crippen LogP contribution in [0.1, 0.15) is 51.2 Å². The molecule has 1 unspecified atom stereocenters. The van der Waals surface area contributed by atoms with Crippen LogP contribution < -0.4 is 10.1 Å². The van der Waals surface area contributed by atoms with E-state index < -0.39 is 0 Å². The number of amides is 1. The third-order valence-corrected chi connectivity index (χ3v) is 7.86. The van der Waals surface area contributed by atoms with Crippen LogP contribution in [-0.2, 0) is 14.3 Å². The van der Waals surface area contributed by atoms with Gasteiger partial charge in [-0.3, -0.25) is 4.79 Å². The number of methoxy groups -OCH3 is 2. The molecule has 1 saturated heterocycles. The first-order chi connectivity index (χ1) is 13.8. The molecule has 6 heteroatoms. The Morgan fingerprint density at radius 3 is 2.86 bits per heavy atom. The van der Waals surface area contributed by atoms with E-state index in [9.17, 15) is 4.79 Å². The average molecular weight is 406 g/mol. The highest BCUT2D eigenvalue weighted by Gasteiger charge is 2.68. The van der Waals surface area contributed by atoms with Crippen LogP contribution in [0.4, 0.5) is 4.39 Å². The van der Waals surface area contributed by atoms with Gasteiger partial charge in [0.25, 0.3) is 0 Å². The summed E-state index contributed by atoms with van der Waals surface area (Å²) in [6.07, 6.45) is 3.01. The fourth-order valence-corrected chi connectivity index (χ4v) is 6.43. The Morgan fingerprint density at radius 1 is 1.34 bits per heavy atom. The topological polar surface area (TPSA) is 56.8 Å². The van der Waals surface area contributed by atoms with E-state index in [0.29, 0.717) is 31.1 Å². The zero-order chi connectivity index (χ0) is 20.8. The number of hydrogen-bond donors (Lipinski definition) is 1. The number of fused-ring (bicyclic) bond motifs is 1. The lowest BCUT2D eigenvalue weighted by atomic mass is 9.58. The van der Waals surface area contributed by atoms with Crippen LogP contribution in [0, 0.1) is 28.5 Å². The van der Waals surface area contributed by atoms with Crippen molar-refractivity contribution in [2.24, 2.45) is 22.7 Å². The van der Waals surface area contributed by atoms with Crippen LogP contribution in [0.2, 0.25) is 0 Å². The Kier molecular flexibility index (Phi) is 5.36. The van der Waals surface area contributed by atoms with Gasteiger partial charge >= 0.3 is 0 Å². The van der Waals surface area contributed by atoms with Gasteiger partial charge in [-0.25, -0.2) is 4.39 Å². The number of benzene rings is 1. The van der Waals surface area contributed by atoms with Crippen LogP contribution >= 0.6 is 0 Å². The third kappa shape index (κ3) is 3.15. The predicted molar refractivity (Wildman–Crippen MR) is 107 cm³/mol. The largest absolute Gasteiger partial charge is 0.494 e. The summed E-state index contributed by atoms with van der Waals surface area (Å²) >= 11 is 0. The molecule has 1 aromatic rings. The molecule has 2 bridgehead atoms. The Labute approximate surface area is 172 Å². The van der Waals surface area contributed by atoms with Crippen molar-refractivity contribution in [1.29, 1.82) is 0 Å². The summed E-state index contributed by atoms with van der Waals surface area (Å²) < 4.78 is 31.5. The zero-order valence-corrected chi connectivity index (χ0v) is 17.8. The number of nitrogens with one attached hydrogen (secondary N) is 1. The van der Waals surface area contributed by atoms with E-state index >= 15 is 4.39 Å². The Hall–Kier alpha value is -1.66. The summed E-state index contributed by atoms with van der Waals surface area (Å²) in [6, 6.07) is 5.33.